The van der Waals surface area contributed by atoms with Crippen molar-refractivity contribution in [1.82, 2.24) is 0 Å². The number of thioether (sulfide) groups is 1. The Morgan fingerprint density at radius 3 is 2.52 bits per heavy atom. The second-order valence-electron chi connectivity index (χ2n) is 10.1. The lowest BCUT2D eigenvalue weighted by Gasteiger charge is -2.64. The van der Waals surface area contributed by atoms with Gasteiger partial charge in [0.1, 0.15) is 5.75 Å². The third-order valence-electron chi connectivity index (χ3n) is 8.20. The zero-order chi connectivity index (χ0) is 18.0. The molecule has 1 nitrogen and oxygen atoms in total. The second kappa shape index (κ2) is 5.68. The number of hydrogen-bond acceptors (Lipinski definition) is 2. The number of rotatable bonds is 1. The minimum atomic E-state index is 0.262. The molecule has 0 radical (unpaired) electrons. The highest BCUT2D eigenvalue weighted by Crippen LogP contribution is 2.68. The first-order valence-corrected chi connectivity index (χ1v) is 11.0. The number of aryl methyl sites for hydroxylation is 1. The average molecular weight is 359 g/mol. The number of ether oxygens (including phenoxy) is 1. The van der Waals surface area contributed by atoms with Crippen LogP contribution in [0.3, 0.4) is 0 Å². The molecule has 2 saturated carbocycles. The van der Waals surface area contributed by atoms with Gasteiger partial charge in [-0.25, -0.2) is 0 Å². The lowest BCUT2D eigenvalue weighted by Crippen LogP contribution is -2.58. The van der Waals surface area contributed by atoms with Crippen molar-refractivity contribution in [2.45, 2.75) is 77.0 Å². The SMILES string of the molecule is COc1cc(C)cc2c1[C@]1(C)CC[C@H]3C(C)(C)CCC[C@]3(C)[C@H]1CS2. The molecule has 2 fully saturated rings. The molecule has 2 aliphatic carbocycles. The summed E-state index contributed by atoms with van der Waals surface area (Å²) in [6.45, 7) is 12.4. The molecule has 2 heteroatoms. The lowest BCUT2D eigenvalue weighted by atomic mass is 9.43. The Morgan fingerprint density at radius 2 is 1.80 bits per heavy atom. The van der Waals surface area contributed by atoms with E-state index in [2.05, 4.69) is 58.5 Å². The van der Waals surface area contributed by atoms with Crippen molar-refractivity contribution in [2.75, 3.05) is 12.9 Å². The standard InChI is InChI=1S/C23H34OS/c1-15-12-16(24-6)20-17(13-15)25-14-19-22(4)10-7-9-21(2,3)18(22)8-11-23(19,20)5/h12-13,18-19H,7-11,14H2,1-6H3/t18-,19+,22-,23+/m0/s1. The Kier molecular flexibility index (Phi) is 4.04. The van der Waals surface area contributed by atoms with E-state index in [1.807, 2.05) is 7.11 Å². The number of fused-ring (bicyclic) bond motifs is 5. The second-order valence-corrected chi connectivity index (χ2v) is 11.1. The number of benzene rings is 1. The molecule has 4 rings (SSSR count). The Morgan fingerprint density at radius 1 is 1.04 bits per heavy atom. The Hall–Kier alpha value is -0.630. The molecule has 138 valence electrons. The summed E-state index contributed by atoms with van der Waals surface area (Å²) < 4.78 is 5.90. The van der Waals surface area contributed by atoms with Gasteiger partial charge in [-0.2, -0.15) is 0 Å². The zero-order valence-electron chi connectivity index (χ0n) is 16.9. The summed E-state index contributed by atoms with van der Waals surface area (Å²) in [5, 5.41) is 0. The molecule has 0 bridgehead atoms. The van der Waals surface area contributed by atoms with Gasteiger partial charge in [-0.3, -0.25) is 0 Å². The smallest absolute Gasteiger partial charge is 0.124 e. The number of hydrogen-bond donors (Lipinski definition) is 0. The highest BCUT2D eigenvalue weighted by Gasteiger charge is 2.60. The van der Waals surface area contributed by atoms with Gasteiger partial charge in [0.05, 0.1) is 7.11 Å². The maximum Gasteiger partial charge on any atom is 0.124 e. The molecule has 0 unspecified atom stereocenters. The maximum atomic E-state index is 5.90. The Balaban J connectivity index is 1.85. The topological polar surface area (TPSA) is 9.23 Å². The van der Waals surface area contributed by atoms with Crippen LogP contribution in [0, 0.1) is 29.6 Å². The van der Waals surface area contributed by atoms with Crippen LogP contribution in [-0.4, -0.2) is 12.9 Å². The summed E-state index contributed by atoms with van der Waals surface area (Å²) in [5.41, 5.74) is 4.07. The van der Waals surface area contributed by atoms with Crippen LogP contribution >= 0.6 is 11.8 Å². The molecule has 0 amide bonds. The summed E-state index contributed by atoms with van der Waals surface area (Å²) in [6.07, 6.45) is 6.90. The summed E-state index contributed by atoms with van der Waals surface area (Å²) >= 11 is 2.09. The van der Waals surface area contributed by atoms with Gasteiger partial charge in [-0.1, -0.05) is 34.1 Å². The van der Waals surface area contributed by atoms with Crippen LogP contribution in [0.4, 0.5) is 0 Å². The fourth-order valence-electron chi connectivity index (χ4n) is 7.06. The first kappa shape index (κ1) is 17.8. The van der Waals surface area contributed by atoms with Crippen LogP contribution in [0.2, 0.25) is 0 Å². The van der Waals surface area contributed by atoms with E-state index >= 15 is 0 Å². The van der Waals surface area contributed by atoms with E-state index in [-0.39, 0.29) is 5.41 Å². The van der Waals surface area contributed by atoms with Crippen molar-refractivity contribution >= 4 is 11.8 Å². The normalized spacial score (nSPS) is 39.1. The fourth-order valence-corrected chi connectivity index (χ4v) is 8.90. The van der Waals surface area contributed by atoms with E-state index in [0.717, 1.165) is 17.6 Å². The minimum absolute atomic E-state index is 0.262. The Labute approximate surface area is 158 Å². The quantitative estimate of drug-likeness (QED) is 0.558. The molecule has 3 aliphatic rings. The van der Waals surface area contributed by atoms with Crippen LogP contribution in [-0.2, 0) is 5.41 Å². The van der Waals surface area contributed by atoms with Crippen molar-refractivity contribution in [3.8, 4) is 5.75 Å². The van der Waals surface area contributed by atoms with Gasteiger partial charge in [0.25, 0.3) is 0 Å². The van der Waals surface area contributed by atoms with E-state index in [1.165, 1.54) is 53.9 Å². The highest BCUT2D eigenvalue weighted by atomic mass is 32.2. The largest absolute Gasteiger partial charge is 0.496 e. The number of methoxy groups -OCH3 is 1. The molecule has 0 aromatic heterocycles. The van der Waals surface area contributed by atoms with E-state index in [0.29, 0.717) is 10.8 Å². The first-order valence-electron chi connectivity index (χ1n) is 10.0. The maximum absolute atomic E-state index is 5.90. The molecule has 0 saturated heterocycles. The lowest BCUT2D eigenvalue weighted by molar-refractivity contribution is -0.0976. The molecule has 1 aliphatic heterocycles. The molecular formula is C23H34OS. The van der Waals surface area contributed by atoms with E-state index in [4.69, 9.17) is 4.74 Å². The predicted octanol–water partition coefficient (Wildman–Crippen LogP) is 6.61. The van der Waals surface area contributed by atoms with E-state index in [9.17, 15) is 0 Å². The van der Waals surface area contributed by atoms with Crippen LogP contribution in [0.5, 0.6) is 5.75 Å². The third-order valence-corrected chi connectivity index (χ3v) is 9.33. The molecule has 4 atom stereocenters. The Bertz CT molecular complexity index is 676. The van der Waals surface area contributed by atoms with E-state index < -0.39 is 0 Å². The molecule has 0 spiro atoms. The summed E-state index contributed by atoms with van der Waals surface area (Å²) in [7, 11) is 1.85. The van der Waals surface area contributed by atoms with Crippen LogP contribution in [0.15, 0.2) is 17.0 Å². The molecule has 1 aromatic rings. The zero-order valence-corrected chi connectivity index (χ0v) is 17.7. The van der Waals surface area contributed by atoms with Crippen molar-refractivity contribution in [2.24, 2.45) is 22.7 Å². The van der Waals surface area contributed by atoms with Gasteiger partial charge >= 0.3 is 0 Å². The van der Waals surface area contributed by atoms with Crippen molar-refractivity contribution in [3.63, 3.8) is 0 Å². The summed E-state index contributed by atoms with van der Waals surface area (Å²) in [4.78, 5) is 1.48. The van der Waals surface area contributed by atoms with Gasteiger partial charge in [-0.05, 0) is 73.0 Å². The molecule has 1 aromatic carbocycles. The molecule has 1 heterocycles. The van der Waals surface area contributed by atoms with Gasteiger partial charge in [-0.15, -0.1) is 11.8 Å². The van der Waals surface area contributed by atoms with Crippen LogP contribution in [0.25, 0.3) is 0 Å². The van der Waals surface area contributed by atoms with Crippen molar-refractivity contribution in [3.05, 3.63) is 23.3 Å². The molecule has 0 N–H and O–H groups in total. The van der Waals surface area contributed by atoms with Gasteiger partial charge in [0, 0.05) is 21.6 Å². The van der Waals surface area contributed by atoms with Crippen LogP contribution in [0.1, 0.15) is 70.9 Å². The highest BCUT2D eigenvalue weighted by molar-refractivity contribution is 7.99. The third kappa shape index (κ3) is 2.42. The monoisotopic (exact) mass is 358 g/mol. The minimum Gasteiger partial charge on any atom is -0.496 e. The first-order chi connectivity index (χ1) is 11.7. The van der Waals surface area contributed by atoms with Crippen LogP contribution < -0.4 is 4.74 Å². The molecular weight excluding hydrogens is 324 g/mol. The van der Waals surface area contributed by atoms with Gasteiger partial charge < -0.3 is 4.74 Å². The van der Waals surface area contributed by atoms with Crippen molar-refractivity contribution < 1.29 is 4.74 Å². The van der Waals surface area contributed by atoms with Crippen molar-refractivity contribution in [1.29, 1.82) is 0 Å². The predicted molar refractivity (Wildman–Crippen MR) is 108 cm³/mol. The van der Waals surface area contributed by atoms with E-state index in [1.54, 1.807) is 0 Å². The summed E-state index contributed by atoms with van der Waals surface area (Å²) in [6, 6.07) is 4.65. The molecule has 25 heavy (non-hydrogen) atoms. The van der Waals surface area contributed by atoms with Gasteiger partial charge in [0.2, 0.25) is 0 Å². The average Bonchev–Trinajstić information content (AvgIpc) is 2.52. The summed E-state index contributed by atoms with van der Waals surface area (Å²) in [5.74, 6) is 4.03. The van der Waals surface area contributed by atoms with Gasteiger partial charge in [0.15, 0.2) is 0 Å². The fraction of sp³-hybridized carbons (Fsp3) is 0.739.